The average Bonchev–Trinajstić information content (AvgIpc) is 2.37. The summed E-state index contributed by atoms with van der Waals surface area (Å²) < 4.78 is 63.3. The van der Waals surface area contributed by atoms with Crippen molar-refractivity contribution in [3.8, 4) is 0 Å². The fourth-order valence-corrected chi connectivity index (χ4v) is 3.99. The number of nitrogens with zero attached hydrogens (tertiary/aromatic N) is 3. The van der Waals surface area contributed by atoms with Gasteiger partial charge < -0.3 is 0 Å². The van der Waals surface area contributed by atoms with E-state index in [0.717, 1.165) is 0 Å². The molecule has 1 aliphatic heterocycles. The molecular formula is C11H13BrF3N3O2S. The Morgan fingerprint density at radius 1 is 1.19 bits per heavy atom. The zero-order valence-electron chi connectivity index (χ0n) is 10.8. The molecule has 5 nitrogen and oxygen atoms in total. The van der Waals surface area contributed by atoms with E-state index in [1.54, 1.807) is 0 Å². The van der Waals surface area contributed by atoms with Crippen LogP contribution < -0.4 is 0 Å². The zero-order valence-corrected chi connectivity index (χ0v) is 13.2. The van der Waals surface area contributed by atoms with E-state index in [2.05, 4.69) is 20.9 Å². The maximum absolute atomic E-state index is 12.4. The second-order valence-electron chi connectivity index (χ2n) is 4.63. The summed E-state index contributed by atoms with van der Waals surface area (Å²) in [6.45, 7) is -0.838. The maximum atomic E-state index is 12.4. The molecule has 21 heavy (non-hydrogen) atoms. The lowest BCUT2D eigenvalue weighted by Gasteiger charge is -2.34. The minimum Gasteiger partial charge on any atom is -0.292 e. The van der Waals surface area contributed by atoms with Gasteiger partial charge in [-0.15, -0.1) is 0 Å². The highest BCUT2D eigenvalue weighted by molar-refractivity contribution is 9.10. The number of piperazine rings is 1. The third-order valence-electron chi connectivity index (χ3n) is 3.05. The normalized spacial score (nSPS) is 18.9. The van der Waals surface area contributed by atoms with Crippen molar-refractivity contribution in [2.75, 3.05) is 32.7 Å². The first-order chi connectivity index (χ1) is 9.68. The molecule has 1 saturated heterocycles. The smallest absolute Gasteiger partial charge is 0.292 e. The summed E-state index contributed by atoms with van der Waals surface area (Å²) in [4.78, 5) is 5.03. The van der Waals surface area contributed by atoms with Crippen LogP contribution in [-0.4, -0.2) is 61.5 Å². The van der Waals surface area contributed by atoms with Crippen LogP contribution in [0.3, 0.4) is 0 Å². The van der Waals surface area contributed by atoms with E-state index in [1.807, 2.05) is 0 Å². The zero-order chi connectivity index (χ0) is 15.7. The Kier molecular flexibility index (Phi) is 4.91. The van der Waals surface area contributed by atoms with Crippen LogP contribution in [0.4, 0.5) is 13.2 Å². The van der Waals surface area contributed by atoms with Crippen molar-refractivity contribution in [1.82, 2.24) is 14.2 Å². The van der Waals surface area contributed by atoms with E-state index >= 15 is 0 Å². The van der Waals surface area contributed by atoms with Gasteiger partial charge in [0, 0.05) is 43.0 Å². The first-order valence-electron chi connectivity index (χ1n) is 6.08. The van der Waals surface area contributed by atoms with Crippen LogP contribution in [-0.2, 0) is 10.0 Å². The number of hydrogen-bond acceptors (Lipinski definition) is 4. The lowest BCUT2D eigenvalue weighted by Crippen LogP contribution is -2.50. The van der Waals surface area contributed by atoms with E-state index in [-0.39, 0.29) is 31.1 Å². The van der Waals surface area contributed by atoms with Crippen molar-refractivity contribution in [1.29, 1.82) is 0 Å². The van der Waals surface area contributed by atoms with Crippen molar-refractivity contribution in [2.24, 2.45) is 0 Å². The fourth-order valence-electron chi connectivity index (χ4n) is 2.06. The van der Waals surface area contributed by atoms with Crippen molar-refractivity contribution < 1.29 is 21.6 Å². The molecule has 1 aromatic rings. The van der Waals surface area contributed by atoms with Crippen LogP contribution in [0.25, 0.3) is 0 Å². The Hall–Kier alpha value is -0.710. The quantitative estimate of drug-likeness (QED) is 0.792. The summed E-state index contributed by atoms with van der Waals surface area (Å²) in [6.07, 6.45) is -1.59. The SMILES string of the molecule is O=S(=O)(c1cncc(Br)c1)N1CCN(CC(F)(F)F)CC1. The van der Waals surface area contributed by atoms with E-state index in [9.17, 15) is 21.6 Å². The third-order valence-corrected chi connectivity index (χ3v) is 5.35. The largest absolute Gasteiger partial charge is 0.401 e. The average molecular weight is 388 g/mol. The molecule has 1 aromatic heterocycles. The van der Waals surface area contributed by atoms with Crippen molar-refractivity contribution in [2.45, 2.75) is 11.1 Å². The highest BCUT2D eigenvalue weighted by atomic mass is 79.9. The summed E-state index contributed by atoms with van der Waals surface area (Å²) >= 11 is 3.14. The van der Waals surface area contributed by atoms with E-state index in [1.165, 1.54) is 27.7 Å². The molecule has 0 spiro atoms. The molecule has 0 aliphatic carbocycles. The van der Waals surface area contributed by atoms with Gasteiger partial charge in [0.1, 0.15) is 4.90 Å². The molecular weight excluding hydrogens is 375 g/mol. The lowest BCUT2D eigenvalue weighted by atomic mass is 10.3. The first-order valence-corrected chi connectivity index (χ1v) is 8.31. The number of rotatable bonds is 3. The fraction of sp³-hybridized carbons (Fsp3) is 0.545. The van der Waals surface area contributed by atoms with Gasteiger partial charge in [0.2, 0.25) is 10.0 Å². The summed E-state index contributed by atoms with van der Waals surface area (Å²) in [5.74, 6) is 0. The molecule has 0 amide bonds. The first kappa shape index (κ1) is 16.7. The minimum atomic E-state index is -4.27. The predicted molar refractivity (Wildman–Crippen MR) is 73.2 cm³/mol. The van der Waals surface area contributed by atoms with E-state index < -0.39 is 22.7 Å². The van der Waals surface area contributed by atoms with Crippen molar-refractivity contribution >= 4 is 26.0 Å². The number of halogens is 4. The number of sulfonamides is 1. The summed E-state index contributed by atoms with van der Waals surface area (Å²) in [5, 5.41) is 0. The summed E-state index contributed by atoms with van der Waals surface area (Å²) in [7, 11) is -3.72. The highest BCUT2D eigenvalue weighted by Crippen LogP contribution is 2.22. The molecule has 0 saturated carbocycles. The summed E-state index contributed by atoms with van der Waals surface area (Å²) in [5.41, 5.74) is 0. The Morgan fingerprint density at radius 3 is 2.33 bits per heavy atom. The Balaban J connectivity index is 2.05. The molecule has 0 unspecified atom stereocenters. The van der Waals surface area contributed by atoms with E-state index in [0.29, 0.717) is 4.47 Å². The van der Waals surface area contributed by atoms with Crippen LogP contribution in [0.1, 0.15) is 0 Å². The topological polar surface area (TPSA) is 53.5 Å². The van der Waals surface area contributed by atoms with Gasteiger partial charge in [-0.25, -0.2) is 8.42 Å². The van der Waals surface area contributed by atoms with Crippen LogP contribution >= 0.6 is 15.9 Å². The second kappa shape index (κ2) is 6.19. The van der Waals surface area contributed by atoms with Gasteiger partial charge >= 0.3 is 6.18 Å². The van der Waals surface area contributed by atoms with Crippen molar-refractivity contribution in [3.05, 3.63) is 22.9 Å². The number of aromatic nitrogens is 1. The maximum Gasteiger partial charge on any atom is 0.401 e. The van der Waals surface area contributed by atoms with Gasteiger partial charge in [0.25, 0.3) is 0 Å². The van der Waals surface area contributed by atoms with Gasteiger partial charge in [-0.2, -0.15) is 17.5 Å². The Morgan fingerprint density at radius 2 is 1.81 bits per heavy atom. The van der Waals surface area contributed by atoms with Gasteiger partial charge in [0.05, 0.1) is 6.54 Å². The monoisotopic (exact) mass is 387 g/mol. The lowest BCUT2D eigenvalue weighted by molar-refractivity contribution is -0.148. The van der Waals surface area contributed by atoms with Gasteiger partial charge in [0.15, 0.2) is 0 Å². The van der Waals surface area contributed by atoms with Gasteiger partial charge in [-0.1, -0.05) is 0 Å². The molecule has 2 rings (SSSR count). The summed E-state index contributed by atoms with van der Waals surface area (Å²) in [6, 6.07) is 1.42. The number of alkyl halides is 3. The molecule has 2 heterocycles. The standard InChI is InChI=1S/C11H13BrF3N3O2S/c12-9-5-10(7-16-6-9)21(19,20)18-3-1-17(2-4-18)8-11(13,14)15/h5-7H,1-4,8H2. The molecule has 0 N–H and O–H groups in total. The Bertz CT molecular complexity index is 601. The Labute approximate surface area is 128 Å². The molecule has 0 radical (unpaired) electrons. The number of hydrogen-bond donors (Lipinski definition) is 0. The van der Waals surface area contributed by atoms with Crippen molar-refractivity contribution in [3.63, 3.8) is 0 Å². The molecule has 10 heteroatoms. The number of pyridine rings is 1. The molecule has 0 atom stereocenters. The predicted octanol–water partition coefficient (Wildman–Crippen LogP) is 1.71. The molecule has 1 fully saturated rings. The van der Waals surface area contributed by atoms with Crippen LogP contribution in [0.2, 0.25) is 0 Å². The second-order valence-corrected chi connectivity index (χ2v) is 7.49. The van der Waals surface area contributed by atoms with Crippen LogP contribution in [0, 0.1) is 0 Å². The van der Waals surface area contributed by atoms with Gasteiger partial charge in [-0.3, -0.25) is 9.88 Å². The minimum absolute atomic E-state index is 0.0288. The molecule has 1 aliphatic rings. The van der Waals surface area contributed by atoms with Gasteiger partial charge in [-0.05, 0) is 22.0 Å². The third kappa shape index (κ3) is 4.38. The molecule has 0 aromatic carbocycles. The molecule has 118 valence electrons. The molecule has 0 bridgehead atoms. The highest BCUT2D eigenvalue weighted by Gasteiger charge is 2.34. The van der Waals surface area contributed by atoms with Crippen LogP contribution in [0.15, 0.2) is 27.8 Å². The van der Waals surface area contributed by atoms with E-state index in [4.69, 9.17) is 0 Å². The van der Waals surface area contributed by atoms with Crippen LogP contribution in [0.5, 0.6) is 0 Å².